The zero-order chi connectivity index (χ0) is 18.9. The number of rotatable bonds is 8. The van der Waals surface area contributed by atoms with Gasteiger partial charge in [0.1, 0.15) is 6.54 Å². The lowest BCUT2D eigenvalue weighted by atomic mass is 10.1. The van der Waals surface area contributed by atoms with Crippen LogP contribution in [0.2, 0.25) is 0 Å². The van der Waals surface area contributed by atoms with Gasteiger partial charge in [-0.15, -0.1) is 0 Å². The number of nitrogens with one attached hydrogen (secondary N) is 1. The van der Waals surface area contributed by atoms with Crippen LogP contribution in [0.5, 0.6) is 0 Å². The van der Waals surface area contributed by atoms with E-state index in [1.54, 1.807) is 17.8 Å². The first-order chi connectivity index (χ1) is 12.5. The van der Waals surface area contributed by atoms with Gasteiger partial charge in [-0.2, -0.15) is 17.0 Å². The van der Waals surface area contributed by atoms with Crippen LogP contribution in [-0.4, -0.2) is 27.7 Å². The summed E-state index contributed by atoms with van der Waals surface area (Å²) in [7, 11) is 0. The Kier molecular flexibility index (Phi) is 6.93. The van der Waals surface area contributed by atoms with Crippen molar-refractivity contribution in [1.82, 2.24) is 9.88 Å². The van der Waals surface area contributed by atoms with Gasteiger partial charge in [-0.1, -0.05) is 18.2 Å². The van der Waals surface area contributed by atoms with Gasteiger partial charge in [-0.05, 0) is 11.6 Å². The van der Waals surface area contributed by atoms with Gasteiger partial charge in [-0.3, -0.25) is 24.3 Å². The van der Waals surface area contributed by atoms with Crippen molar-refractivity contribution in [3.8, 4) is 6.07 Å². The molecule has 26 heavy (non-hydrogen) atoms. The van der Waals surface area contributed by atoms with E-state index < -0.39 is 16.4 Å². The molecule has 1 N–H and O–H groups in total. The second-order valence-corrected chi connectivity index (χ2v) is 6.39. The Bertz CT molecular complexity index is 904. The van der Waals surface area contributed by atoms with Crippen molar-refractivity contribution in [3.63, 3.8) is 0 Å². The Hall–Kier alpha value is -3.12. The van der Waals surface area contributed by atoms with Gasteiger partial charge in [0, 0.05) is 30.2 Å². The predicted molar refractivity (Wildman–Crippen MR) is 97.7 cm³/mol. The summed E-state index contributed by atoms with van der Waals surface area (Å²) in [5.41, 5.74) is 0.848. The first-order valence-electron chi connectivity index (χ1n) is 7.68. The van der Waals surface area contributed by atoms with Crippen LogP contribution in [0.4, 0.5) is 5.69 Å². The average molecular weight is 372 g/mol. The predicted octanol–water partition coefficient (Wildman–Crippen LogP) is 1.68. The van der Waals surface area contributed by atoms with E-state index in [2.05, 4.69) is 11.4 Å². The van der Waals surface area contributed by atoms with E-state index in [0.717, 1.165) is 28.5 Å². The quantitative estimate of drug-likeness (QED) is 0.428. The summed E-state index contributed by atoms with van der Waals surface area (Å²) < 4.78 is 1.00. The minimum Gasteiger partial charge on any atom is -0.354 e. The molecule has 1 aromatic heterocycles. The average Bonchev–Trinajstić information content (AvgIpc) is 2.63. The maximum atomic E-state index is 11.9. The molecule has 8 nitrogen and oxygen atoms in total. The van der Waals surface area contributed by atoms with Crippen molar-refractivity contribution in [1.29, 1.82) is 5.26 Å². The highest BCUT2D eigenvalue weighted by molar-refractivity contribution is 7.98. The molecule has 0 aliphatic rings. The van der Waals surface area contributed by atoms with Crippen molar-refractivity contribution >= 4 is 23.4 Å². The fraction of sp³-hybridized carbons (Fsp3) is 0.235. The molecule has 0 fully saturated rings. The Balaban J connectivity index is 1.78. The Morgan fingerprint density at radius 3 is 2.81 bits per heavy atom. The van der Waals surface area contributed by atoms with E-state index in [4.69, 9.17) is 5.26 Å². The molecule has 0 radical (unpaired) electrons. The van der Waals surface area contributed by atoms with Crippen LogP contribution >= 0.6 is 11.8 Å². The number of amides is 1. The highest BCUT2D eigenvalue weighted by atomic mass is 32.2. The summed E-state index contributed by atoms with van der Waals surface area (Å²) in [4.78, 5) is 33.6. The number of nitriles is 1. The normalized spacial score (nSPS) is 10.1. The fourth-order valence-electron chi connectivity index (χ4n) is 2.16. The molecule has 134 valence electrons. The van der Waals surface area contributed by atoms with Crippen LogP contribution in [0, 0.1) is 21.4 Å². The lowest BCUT2D eigenvalue weighted by Crippen LogP contribution is -2.33. The van der Waals surface area contributed by atoms with Gasteiger partial charge in [0.25, 0.3) is 11.2 Å². The molecule has 2 aromatic rings. The number of benzene rings is 1. The molecule has 9 heteroatoms. The molecule has 0 atom stereocenters. The molecule has 0 unspecified atom stereocenters. The van der Waals surface area contributed by atoms with Crippen LogP contribution in [0.1, 0.15) is 11.1 Å². The molecular formula is C17H16N4O4S. The molecule has 0 bridgehead atoms. The van der Waals surface area contributed by atoms with Crippen molar-refractivity contribution in [2.45, 2.75) is 12.3 Å². The van der Waals surface area contributed by atoms with Gasteiger partial charge < -0.3 is 5.32 Å². The lowest BCUT2D eigenvalue weighted by Gasteiger charge is -2.07. The van der Waals surface area contributed by atoms with Crippen LogP contribution in [0.15, 0.2) is 47.4 Å². The maximum Gasteiger partial charge on any atom is 0.285 e. The molecule has 1 heterocycles. The SMILES string of the molecule is N#Cc1ccccc1CSCCNC(=O)Cn1cc([N+](=O)[O-])ccc1=O. The zero-order valence-electron chi connectivity index (χ0n) is 13.8. The number of hydrogen-bond acceptors (Lipinski definition) is 6. The third kappa shape index (κ3) is 5.46. The van der Waals surface area contributed by atoms with E-state index in [1.165, 1.54) is 0 Å². The summed E-state index contributed by atoms with van der Waals surface area (Å²) in [5.74, 6) is 0.893. The van der Waals surface area contributed by atoms with Crippen LogP contribution < -0.4 is 10.9 Å². The highest BCUT2D eigenvalue weighted by Crippen LogP contribution is 2.15. The molecule has 0 saturated carbocycles. The summed E-state index contributed by atoms with van der Waals surface area (Å²) >= 11 is 1.57. The third-order valence-electron chi connectivity index (χ3n) is 3.46. The van der Waals surface area contributed by atoms with Crippen LogP contribution in [-0.2, 0) is 17.1 Å². The number of nitro groups is 1. The largest absolute Gasteiger partial charge is 0.354 e. The number of carbonyl (C=O) groups excluding carboxylic acids is 1. The minimum atomic E-state index is -0.621. The van der Waals surface area contributed by atoms with E-state index in [1.807, 2.05) is 18.2 Å². The molecule has 0 spiro atoms. The second-order valence-electron chi connectivity index (χ2n) is 5.28. The van der Waals surface area contributed by atoms with E-state index >= 15 is 0 Å². The molecule has 0 aliphatic heterocycles. The number of pyridine rings is 1. The highest BCUT2D eigenvalue weighted by Gasteiger charge is 2.10. The monoisotopic (exact) mass is 372 g/mol. The summed E-state index contributed by atoms with van der Waals surface area (Å²) in [5, 5.41) is 22.4. The van der Waals surface area contributed by atoms with Crippen molar-refractivity contribution in [2.24, 2.45) is 0 Å². The van der Waals surface area contributed by atoms with Crippen LogP contribution in [0.3, 0.4) is 0 Å². The van der Waals surface area contributed by atoms with Gasteiger partial charge in [0.2, 0.25) is 5.91 Å². The summed E-state index contributed by atoms with van der Waals surface area (Å²) in [6, 6.07) is 11.6. The van der Waals surface area contributed by atoms with Gasteiger partial charge in [0.05, 0.1) is 22.8 Å². The topological polar surface area (TPSA) is 118 Å². The maximum absolute atomic E-state index is 11.9. The molecule has 0 aliphatic carbocycles. The van der Waals surface area contributed by atoms with Crippen LogP contribution in [0.25, 0.3) is 0 Å². The number of nitrogens with zero attached hydrogens (tertiary/aromatic N) is 3. The van der Waals surface area contributed by atoms with Gasteiger partial charge >= 0.3 is 0 Å². The number of aromatic nitrogens is 1. The van der Waals surface area contributed by atoms with Crippen molar-refractivity contribution in [2.75, 3.05) is 12.3 Å². The molecule has 1 amide bonds. The second kappa shape index (κ2) is 9.39. The standard InChI is InChI=1S/C17H16N4O4S/c18-9-13-3-1-2-4-14(13)12-26-8-7-19-16(22)11-20-10-15(21(24)25)5-6-17(20)23/h1-6,10H,7-8,11-12H2,(H,19,22). The van der Waals surface area contributed by atoms with E-state index in [9.17, 15) is 19.7 Å². The smallest absolute Gasteiger partial charge is 0.285 e. The minimum absolute atomic E-state index is 0.246. The first kappa shape index (κ1) is 19.2. The Morgan fingerprint density at radius 1 is 1.31 bits per heavy atom. The summed E-state index contributed by atoms with van der Waals surface area (Å²) in [6.45, 7) is 0.115. The van der Waals surface area contributed by atoms with Gasteiger partial charge in [0.15, 0.2) is 0 Å². The Morgan fingerprint density at radius 2 is 2.08 bits per heavy atom. The van der Waals surface area contributed by atoms with Crippen molar-refractivity contribution in [3.05, 3.63) is 74.2 Å². The van der Waals surface area contributed by atoms with E-state index in [-0.39, 0.29) is 12.2 Å². The third-order valence-corrected chi connectivity index (χ3v) is 4.46. The molecular weight excluding hydrogens is 356 g/mol. The van der Waals surface area contributed by atoms with Crippen molar-refractivity contribution < 1.29 is 9.72 Å². The summed E-state index contributed by atoms with van der Waals surface area (Å²) in [6.07, 6.45) is 1.05. The number of hydrogen-bond donors (Lipinski definition) is 1. The number of thioether (sulfide) groups is 1. The lowest BCUT2D eigenvalue weighted by molar-refractivity contribution is -0.385. The van der Waals surface area contributed by atoms with Gasteiger partial charge in [-0.25, -0.2) is 0 Å². The zero-order valence-corrected chi connectivity index (χ0v) is 14.6. The van der Waals surface area contributed by atoms with E-state index in [0.29, 0.717) is 23.6 Å². The number of carbonyl (C=O) groups is 1. The fourth-order valence-corrected chi connectivity index (χ4v) is 3.02. The Labute approximate surface area is 153 Å². The first-order valence-corrected chi connectivity index (χ1v) is 8.84. The molecule has 2 rings (SSSR count). The molecule has 1 aromatic carbocycles. The molecule has 0 saturated heterocycles.